The molecule has 2 aliphatic heterocycles. The van der Waals surface area contributed by atoms with Crippen LogP contribution < -0.4 is 15.7 Å². The standard InChI is InChI=1S/C30H37N5O2/c1-33-18-28(36)31-17-27(33)29-30(37)35(26-11-3-2-10-25(26)32-29)24-15-21-8-5-9-22(16-24)34(21)23-13-19-6-4-7-20(12-19)14-23/h2-3,10-11,17-24H,4-9,12-16H2,1H3/p+1. The molecule has 4 unspecified atom stereocenters. The van der Waals surface area contributed by atoms with Gasteiger partial charge in [-0.1, -0.05) is 37.8 Å². The van der Waals surface area contributed by atoms with E-state index in [2.05, 4.69) is 14.5 Å². The molecule has 7 nitrogen and oxygen atoms in total. The van der Waals surface area contributed by atoms with Gasteiger partial charge >= 0.3 is 5.56 Å². The van der Waals surface area contributed by atoms with E-state index in [4.69, 9.17) is 4.98 Å². The van der Waals surface area contributed by atoms with Gasteiger partial charge in [-0.2, -0.15) is 4.57 Å². The van der Waals surface area contributed by atoms with E-state index in [1.165, 1.54) is 64.0 Å². The monoisotopic (exact) mass is 500 g/mol. The summed E-state index contributed by atoms with van der Waals surface area (Å²) in [4.78, 5) is 36.5. The van der Waals surface area contributed by atoms with Crippen LogP contribution in [0, 0.1) is 11.8 Å². The van der Waals surface area contributed by atoms with Gasteiger partial charge in [0.25, 0.3) is 11.3 Å². The average molecular weight is 501 g/mol. The van der Waals surface area contributed by atoms with Gasteiger partial charge in [0.1, 0.15) is 7.05 Å². The number of rotatable bonds is 3. The lowest BCUT2D eigenvalue weighted by Crippen LogP contribution is -2.58. The first-order valence-electron chi connectivity index (χ1n) is 14.4. The molecule has 4 bridgehead atoms. The van der Waals surface area contributed by atoms with Crippen molar-refractivity contribution in [2.24, 2.45) is 18.9 Å². The molecule has 37 heavy (non-hydrogen) atoms. The van der Waals surface area contributed by atoms with E-state index in [1.54, 1.807) is 17.8 Å². The van der Waals surface area contributed by atoms with Gasteiger partial charge in [0.15, 0.2) is 0 Å². The number of aryl methyl sites for hydroxylation is 1. The van der Waals surface area contributed by atoms with E-state index in [1.807, 2.05) is 24.3 Å². The second-order valence-electron chi connectivity index (χ2n) is 12.2. The fraction of sp³-hybridized carbons (Fsp3) is 0.600. The van der Waals surface area contributed by atoms with Crippen molar-refractivity contribution in [3.63, 3.8) is 0 Å². The lowest BCUT2D eigenvalue weighted by molar-refractivity contribution is -0.661. The molecule has 4 aliphatic rings. The summed E-state index contributed by atoms with van der Waals surface area (Å²) in [6, 6.07) is 10.1. The molecule has 194 valence electrons. The van der Waals surface area contributed by atoms with Gasteiger partial charge in [0.2, 0.25) is 11.9 Å². The maximum atomic E-state index is 14.1. The molecule has 2 saturated heterocycles. The first-order valence-corrected chi connectivity index (χ1v) is 14.4. The fourth-order valence-electron chi connectivity index (χ4n) is 8.58. The van der Waals surface area contributed by atoms with Crippen LogP contribution in [-0.4, -0.2) is 37.6 Å². The molecule has 1 N–H and O–H groups in total. The Balaban J connectivity index is 1.27. The minimum atomic E-state index is -0.195. The summed E-state index contributed by atoms with van der Waals surface area (Å²) in [5.74, 6) is 1.87. The summed E-state index contributed by atoms with van der Waals surface area (Å²) in [6.45, 7) is 0. The molecule has 0 spiro atoms. The molecule has 1 aromatic carbocycles. The highest BCUT2D eigenvalue weighted by molar-refractivity contribution is 5.77. The Hall–Kier alpha value is -2.80. The third kappa shape index (κ3) is 4.06. The molecule has 2 aliphatic carbocycles. The Morgan fingerprint density at radius 1 is 0.865 bits per heavy atom. The zero-order valence-electron chi connectivity index (χ0n) is 21.8. The number of fused-ring (bicyclic) bond motifs is 5. The topological polar surface area (TPSA) is 74.9 Å². The third-order valence-electron chi connectivity index (χ3n) is 9.97. The molecule has 4 atom stereocenters. The largest absolute Gasteiger partial charge is 0.318 e. The SMILES string of the molecule is C[n+]1cc(=O)[nH]cc1-c1nc2ccccc2n(C2CC3CCCC(C2)N3C2CC3CCCC(C3)C2)c1=O. The smallest absolute Gasteiger partial charge is 0.312 e. The van der Waals surface area contributed by atoms with E-state index in [0.29, 0.717) is 23.5 Å². The Kier molecular flexibility index (Phi) is 5.79. The molecule has 3 aromatic rings. The van der Waals surface area contributed by atoms with Crippen molar-refractivity contribution in [2.45, 2.75) is 94.8 Å². The molecule has 0 amide bonds. The number of hydrogen-bond acceptors (Lipinski definition) is 4. The van der Waals surface area contributed by atoms with Crippen LogP contribution in [0.4, 0.5) is 0 Å². The predicted octanol–water partition coefficient (Wildman–Crippen LogP) is 4.10. The molecule has 2 saturated carbocycles. The number of aromatic amines is 1. The lowest BCUT2D eigenvalue weighted by Gasteiger charge is -2.55. The zero-order chi connectivity index (χ0) is 25.1. The minimum Gasteiger partial charge on any atom is -0.318 e. The van der Waals surface area contributed by atoms with Crippen molar-refractivity contribution in [1.29, 1.82) is 0 Å². The van der Waals surface area contributed by atoms with Crippen molar-refractivity contribution in [3.05, 3.63) is 57.4 Å². The summed E-state index contributed by atoms with van der Waals surface area (Å²) in [6.07, 6.45) is 17.5. The van der Waals surface area contributed by atoms with Crippen LogP contribution in [0.2, 0.25) is 0 Å². The maximum Gasteiger partial charge on any atom is 0.312 e. The van der Waals surface area contributed by atoms with Gasteiger partial charge in [-0.3, -0.25) is 14.5 Å². The number of para-hydroxylation sites is 2. The summed E-state index contributed by atoms with van der Waals surface area (Å²) in [7, 11) is 1.80. The fourth-order valence-corrected chi connectivity index (χ4v) is 8.58. The number of aromatic nitrogens is 4. The number of benzene rings is 1. The Labute approximate surface area is 217 Å². The van der Waals surface area contributed by atoms with E-state index in [9.17, 15) is 9.59 Å². The number of hydrogen-bond donors (Lipinski definition) is 1. The van der Waals surface area contributed by atoms with Crippen LogP contribution in [-0.2, 0) is 7.05 Å². The maximum absolute atomic E-state index is 14.1. The van der Waals surface area contributed by atoms with Crippen LogP contribution in [0.15, 0.2) is 46.2 Å². The zero-order valence-corrected chi connectivity index (χ0v) is 21.8. The number of nitrogens with one attached hydrogen (secondary N) is 1. The number of piperidine rings is 2. The molecular formula is C30H38N5O2+. The molecule has 0 radical (unpaired) electrons. The van der Waals surface area contributed by atoms with E-state index < -0.39 is 0 Å². The molecule has 4 heterocycles. The first-order chi connectivity index (χ1) is 18.0. The number of H-pyrrole nitrogens is 1. The number of nitrogens with zero attached hydrogens (tertiary/aromatic N) is 4. The summed E-state index contributed by atoms with van der Waals surface area (Å²) >= 11 is 0. The highest BCUT2D eigenvalue weighted by Crippen LogP contribution is 2.47. The highest BCUT2D eigenvalue weighted by Gasteiger charge is 2.45. The van der Waals surface area contributed by atoms with Gasteiger partial charge in [0, 0.05) is 24.2 Å². The van der Waals surface area contributed by atoms with E-state index in [0.717, 1.165) is 41.8 Å². The van der Waals surface area contributed by atoms with Crippen molar-refractivity contribution in [3.8, 4) is 11.4 Å². The summed E-state index contributed by atoms with van der Waals surface area (Å²) < 4.78 is 3.76. The van der Waals surface area contributed by atoms with Gasteiger partial charge < -0.3 is 9.55 Å². The average Bonchev–Trinajstić information content (AvgIpc) is 2.88. The van der Waals surface area contributed by atoms with Crippen molar-refractivity contribution < 1.29 is 4.57 Å². The Morgan fingerprint density at radius 3 is 2.30 bits per heavy atom. The van der Waals surface area contributed by atoms with Gasteiger partial charge in [-0.15, -0.1) is 0 Å². The van der Waals surface area contributed by atoms with Gasteiger partial charge in [-0.05, 0) is 68.9 Å². The summed E-state index contributed by atoms with van der Waals surface area (Å²) in [5, 5.41) is 0. The second kappa shape index (κ2) is 9.19. The van der Waals surface area contributed by atoms with E-state index >= 15 is 0 Å². The van der Waals surface area contributed by atoms with Crippen molar-refractivity contribution >= 4 is 11.0 Å². The minimum absolute atomic E-state index is 0.0509. The molecule has 2 aromatic heterocycles. The van der Waals surface area contributed by atoms with Crippen LogP contribution >= 0.6 is 0 Å². The third-order valence-corrected chi connectivity index (χ3v) is 9.97. The van der Waals surface area contributed by atoms with Gasteiger partial charge in [-0.25, -0.2) is 4.98 Å². The van der Waals surface area contributed by atoms with Crippen LogP contribution in [0.5, 0.6) is 0 Å². The van der Waals surface area contributed by atoms with Gasteiger partial charge in [0.05, 0.1) is 17.2 Å². The first kappa shape index (κ1) is 23.3. The molecule has 4 fully saturated rings. The lowest BCUT2D eigenvalue weighted by atomic mass is 9.68. The van der Waals surface area contributed by atoms with Crippen LogP contribution in [0.1, 0.15) is 76.7 Å². The Bertz CT molecular complexity index is 1420. The quantitative estimate of drug-likeness (QED) is 0.550. The van der Waals surface area contributed by atoms with E-state index in [-0.39, 0.29) is 17.2 Å². The Morgan fingerprint density at radius 2 is 1.57 bits per heavy atom. The molecule has 7 heteroatoms. The molecule has 7 rings (SSSR count). The normalized spacial score (nSPS) is 31.9. The van der Waals surface area contributed by atoms with Crippen LogP contribution in [0.3, 0.4) is 0 Å². The second-order valence-corrected chi connectivity index (χ2v) is 12.2. The van der Waals surface area contributed by atoms with Crippen molar-refractivity contribution in [1.82, 2.24) is 19.4 Å². The highest BCUT2D eigenvalue weighted by atomic mass is 16.1. The molecular weight excluding hydrogens is 462 g/mol. The van der Waals surface area contributed by atoms with Crippen LogP contribution in [0.25, 0.3) is 22.4 Å². The predicted molar refractivity (Wildman–Crippen MR) is 143 cm³/mol. The van der Waals surface area contributed by atoms with Crippen molar-refractivity contribution in [2.75, 3.05) is 0 Å². The summed E-state index contributed by atoms with van der Waals surface area (Å²) in [5.41, 5.74) is 2.55.